The predicted octanol–water partition coefficient (Wildman–Crippen LogP) is 2.60. The van der Waals surface area contributed by atoms with Gasteiger partial charge in [-0.3, -0.25) is 9.69 Å². The average Bonchev–Trinajstić information content (AvgIpc) is 2.45. The molecule has 0 bridgehead atoms. The second-order valence-electron chi connectivity index (χ2n) is 5.81. The van der Waals surface area contributed by atoms with Crippen molar-refractivity contribution >= 4 is 17.7 Å². The van der Waals surface area contributed by atoms with Crippen LogP contribution in [0, 0.1) is 5.92 Å². The topological polar surface area (TPSA) is 60.9 Å². The Labute approximate surface area is 125 Å². The summed E-state index contributed by atoms with van der Waals surface area (Å²) in [6.45, 7) is 5.08. The Morgan fingerprint density at radius 1 is 1.29 bits per heavy atom. The molecule has 0 unspecified atom stereocenters. The molecule has 1 fully saturated rings. The fourth-order valence-electron chi connectivity index (χ4n) is 2.52. The highest BCUT2D eigenvalue weighted by atomic mass is 16.4. The smallest absolute Gasteiger partial charge is 0.407 e. The molecule has 5 nitrogen and oxygen atoms in total. The predicted molar refractivity (Wildman–Crippen MR) is 81.6 cm³/mol. The van der Waals surface area contributed by atoms with Crippen molar-refractivity contribution in [2.45, 2.75) is 26.7 Å². The number of rotatable bonds is 4. The van der Waals surface area contributed by atoms with Crippen molar-refractivity contribution < 1.29 is 14.7 Å². The molecule has 0 atom stereocenters. The molecule has 21 heavy (non-hydrogen) atoms. The van der Waals surface area contributed by atoms with E-state index in [1.54, 1.807) is 4.90 Å². The lowest BCUT2D eigenvalue weighted by molar-refractivity contribution is -0.120. The van der Waals surface area contributed by atoms with E-state index in [-0.39, 0.29) is 12.5 Å². The Kier molecular flexibility index (Phi) is 4.83. The van der Waals surface area contributed by atoms with Crippen LogP contribution in [0.1, 0.15) is 25.8 Å². The van der Waals surface area contributed by atoms with Crippen LogP contribution < -0.4 is 4.90 Å². The number of carboxylic acid groups (broad SMARTS) is 1. The number of piperazine rings is 1. The monoisotopic (exact) mass is 290 g/mol. The number of carbonyl (C=O) groups excluding carboxylic acids is 1. The molecule has 1 aliphatic rings. The Morgan fingerprint density at radius 3 is 2.62 bits per heavy atom. The summed E-state index contributed by atoms with van der Waals surface area (Å²) in [5, 5.41) is 8.97. The van der Waals surface area contributed by atoms with Crippen LogP contribution in [0.15, 0.2) is 24.3 Å². The zero-order valence-electron chi connectivity index (χ0n) is 12.6. The molecule has 0 radical (unpaired) electrons. The molecule has 2 rings (SSSR count). The maximum absolute atomic E-state index is 12.2. The van der Waals surface area contributed by atoms with Gasteiger partial charge in [0, 0.05) is 18.8 Å². The summed E-state index contributed by atoms with van der Waals surface area (Å²) < 4.78 is 0. The molecule has 0 saturated carbocycles. The number of carbonyl (C=O) groups is 2. The number of para-hydroxylation sites is 1. The van der Waals surface area contributed by atoms with Crippen LogP contribution in [0.25, 0.3) is 0 Å². The minimum Gasteiger partial charge on any atom is -0.465 e. The summed E-state index contributed by atoms with van der Waals surface area (Å²) in [4.78, 5) is 26.0. The third kappa shape index (κ3) is 3.74. The van der Waals surface area contributed by atoms with Crippen molar-refractivity contribution in [2.24, 2.45) is 5.92 Å². The highest BCUT2D eigenvalue weighted by Gasteiger charge is 2.28. The first-order valence-electron chi connectivity index (χ1n) is 7.35. The standard InChI is InChI=1S/C16H22N2O3/c1-12(2)7-8-13-5-3-4-6-14(13)18-10-9-17(16(20)21)11-15(18)19/h3-6,12H,7-11H2,1-2H3,(H,20,21). The zero-order chi connectivity index (χ0) is 15.4. The largest absolute Gasteiger partial charge is 0.465 e. The molecule has 0 aliphatic carbocycles. The van der Waals surface area contributed by atoms with Crippen LogP contribution in [-0.4, -0.2) is 41.6 Å². The Balaban J connectivity index is 2.15. The molecule has 114 valence electrons. The molecule has 1 N–H and O–H groups in total. The van der Waals surface area contributed by atoms with E-state index in [1.165, 1.54) is 0 Å². The van der Waals surface area contributed by atoms with E-state index in [1.807, 2.05) is 18.2 Å². The molecule has 0 aromatic heterocycles. The SMILES string of the molecule is CC(C)CCc1ccccc1N1CCN(C(=O)O)CC1=O. The van der Waals surface area contributed by atoms with E-state index in [9.17, 15) is 9.59 Å². The zero-order valence-corrected chi connectivity index (χ0v) is 12.6. The van der Waals surface area contributed by atoms with Gasteiger partial charge in [0.15, 0.2) is 0 Å². The molecule has 1 heterocycles. The summed E-state index contributed by atoms with van der Waals surface area (Å²) in [5.74, 6) is 0.457. The molecular formula is C16H22N2O3. The van der Waals surface area contributed by atoms with Gasteiger partial charge in [0.1, 0.15) is 6.54 Å². The molecule has 1 aromatic rings. The van der Waals surface area contributed by atoms with Gasteiger partial charge in [-0.05, 0) is 30.4 Å². The number of anilines is 1. The second-order valence-corrected chi connectivity index (χ2v) is 5.81. The third-order valence-corrected chi connectivity index (χ3v) is 3.76. The van der Waals surface area contributed by atoms with E-state index in [2.05, 4.69) is 19.9 Å². The third-order valence-electron chi connectivity index (χ3n) is 3.76. The number of hydrogen-bond acceptors (Lipinski definition) is 2. The van der Waals surface area contributed by atoms with Gasteiger partial charge in [-0.15, -0.1) is 0 Å². The van der Waals surface area contributed by atoms with E-state index in [0.29, 0.717) is 19.0 Å². The van der Waals surface area contributed by atoms with Crippen molar-refractivity contribution in [3.05, 3.63) is 29.8 Å². The van der Waals surface area contributed by atoms with Crippen LogP contribution in [-0.2, 0) is 11.2 Å². The number of hydrogen-bond donors (Lipinski definition) is 1. The van der Waals surface area contributed by atoms with Gasteiger partial charge in [0.25, 0.3) is 0 Å². The van der Waals surface area contributed by atoms with Gasteiger partial charge >= 0.3 is 6.09 Å². The quantitative estimate of drug-likeness (QED) is 0.927. The number of benzene rings is 1. The molecule has 1 aliphatic heterocycles. The second kappa shape index (κ2) is 6.61. The van der Waals surface area contributed by atoms with Crippen LogP contribution in [0.2, 0.25) is 0 Å². The highest BCUT2D eigenvalue weighted by molar-refractivity contribution is 5.97. The van der Waals surface area contributed by atoms with Gasteiger partial charge < -0.3 is 10.0 Å². The van der Waals surface area contributed by atoms with Crippen LogP contribution in [0.3, 0.4) is 0 Å². The molecule has 2 amide bonds. The Morgan fingerprint density at radius 2 is 2.00 bits per heavy atom. The highest BCUT2D eigenvalue weighted by Crippen LogP contribution is 2.24. The van der Waals surface area contributed by atoms with E-state index >= 15 is 0 Å². The first-order chi connectivity index (χ1) is 9.99. The van der Waals surface area contributed by atoms with Gasteiger partial charge in [-0.1, -0.05) is 32.0 Å². The number of amides is 2. The Hall–Kier alpha value is -2.04. The summed E-state index contributed by atoms with van der Waals surface area (Å²) in [5.41, 5.74) is 2.08. The lowest BCUT2D eigenvalue weighted by Crippen LogP contribution is -2.52. The molecule has 5 heteroatoms. The van der Waals surface area contributed by atoms with Gasteiger partial charge in [0.2, 0.25) is 5.91 Å². The van der Waals surface area contributed by atoms with Crippen molar-refractivity contribution in [1.82, 2.24) is 4.90 Å². The minimum atomic E-state index is -1.03. The summed E-state index contributed by atoms with van der Waals surface area (Å²) in [6, 6.07) is 7.90. The summed E-state index contributed by atoms with van der Waals surface area (Å²) in [7, 11) is 0. The van der Waals surface area contributed by atoms with Crippen LogP contribution >= 0.6 is 0 Å². The van der Waals surface area contributed by atoms with E-state index in [4.69, 9.17) is 5.11 Å². The molecule has 0 spiro atoms. The fraction of sp³-hybridized carbons (Fsp3) is 0.500. The van der Waals surface area contributed by atoms with Crippen LogP contribution in [0.5, 0.6) is 0 Å². The summed E-state index contributed by atoms with van der Waals surface area (Å²) >= 11 is 0. The summed E-state index contributed by atoms with van der Waals surface area (Å²) in [6.07, 6.45) is 0.969. The van der Waals surface area contributed by atoms with Crippen molar-refractivity contribution in [3.63, 3.8) is 0 Å². The van der Waals surface area contributed by atoms with Crippen molar-refractivity contribution in [3.8, 4) is 0 Å². The molecular weight excluding hydrogens is 268 g/mol. The minimum absolute atomic E-state index is 0.0617. The first kappa shape index (κ1) is 15.4. The van der Waals surface area contributed by atoms with Gasteiger partial charge in [-0.25, -0.2) is 4.79 Å². The van der Waals surface area contributed by atoms with E-state index in [0.717, 1.165) is 29.0 Å². The lowest BCUT2D eigenvalue weighted by Gasteiger charge is -2.34. The van der Waals surface area contributed by atoms with Crippen molar-refractivity contribution in [2.75, 3.05) is 24.5 Å². The number of nitrogens with zero attached hydrogens (tertiary/aromatic N) is 2. The van der Waals surface area contributed by atoms with Gasteiger partial charge in [0.05, 0.1) is 0 Å². The molecule has 1 saturated heterocycles. The first-order valence-corrected chi connectivity index (χ1v) is 7.35. The lowest BCUT2D eigenvalue weighted by atomic mass is 10.0. The van der Waals surface area contributed by atoms with Gasteiger partial charge in [-0.2, -0.15) is 0 Å². The van der Waals surface area contributed by atoms with Crippen molar-refractivity contribution in [1.29, 1.82) is 0 Å². The molecule has 1 aromatic carbocycles. The normalized spacial score (nSPS) is 15.7. The fourth-order valence-corrected chi connectivity index (χ4v) is 2.52. The number of aryl methyl sites for hydroxylation is 1. The maximum atomic E-state index is 12.2. The van der Waals surface area contributed by atoms with E-state index < -0.39 is 6.09 Å². The maximum Gasteiger partial charge on any atom is 0.407 e. The Bertz CT molecular complexity index is 528. The van der Waals surface area contributed by atoms with Crippen LogP contribution in [0.4, 0.5) is 10.5 Å². The average molecular weight is 290 g/mol.